The highest BCUT2D eigenvalue weighted by atomic mass is 16.5. The van der Waals surface area contributed by atoms with E-state index in [9.17, 15) is 0 Å². The fourth-order valence-electron chi connectivity index (χ4n) is 1.45. The number of hydrogen-bond donors (Lipinski definition) is 0. The topological polar surface area (TPSA) is 49.2 Å². The van der Waals surface area contributed by atoms with Crippen molar-refractivity contribution in [1.29, 1.82) is 5.26 Å². The molecule has 0 fully saturated rings. The Balaban J connectivity index is 2.59. The molecule has 1 heterocycles. The van der Waals surface area contributed by atoms with Crippen LogP contribution >= 0.6 is 0 Å². The van der Waals surface area contributed by atoms with Crippen molar-refractivity contribution in [2.24, 2.45) is 0 Å². The van der Waals surface area contributed by atoms with Crippen LogP contribution < -0.4 is 4.74 Å². The Labute approximate surface area is 96.5 Å². The van der Waals surface area contributed by atoms with Gasteiger partial charge < -0.3 is 4.74 Å². The first kappa shape index (κ1) is 12.5. The van der Waals surface area contributed by atoms with E-state index in [2.05, 4.69) is 22.9 Å². The molecule has 0 aliphatic carbocycles. The van der Waals surface area contributed by atoms with Gasteiger partial charge in [0.1, 0.15) is 0 Å². The Morgan fingerprint density at radius 2 is 2.31 bits per heavy atom. The highest BCUT2D eigenvalue weighted by Crippen LogP contribution is 2.09. The van der Waals surface area contributed by atoms with Crippen LogP contribution in [0.5, 0.6) is 5.88 Å². The maximum Gasteiger partial charge on any atom is 0.213 e. The summed E-state index contributed by atoms with van der Waals surface area (Å²) in [6.45, 7) is 4.54. The number of rotatable bonds is 6. The van der Waals surface area contributed by atoms with Crippen molar-refractivity contribution >= 4 is 0 Å². The number of methoxy groups -OCH3 is 1. The number of nitriles is 1. The molecule has 0 unspecified atom stereocenters. The average Bonchev–Trinajstić information content (AvgIpc) is 2.34. The third-order valence-corrected chi connectivity index (χ3v) is 2.36. The zero-order chi connectivity index (χ0) is 11.8. The zero-order valence-corrected chi connectivity index (χ0v) is 9.81. The molecule has 0 saturated carbocycles. The molecule has 86 valence electrons. The van der Waals surface area contributed by atoms with E-state index in [1.807, 2.05) is 18.2 Å². The summed E-state index contributed by atoms with van der Waals surface area (Å²) in [4.78, 5) is 6.53. The summed E-state index contributed by atoms with van der Waals surface area (Å²) >= 11 is 0. The Morgan fingerprint density at radius 3 is 2.94 bits per heavy atom. The van der Waals surface area contributed by atoms with Crippen LogP contribution in [-0.4, -0.2) is 30.1 Å². The summed E-state index contributed by atoms with van der Waals surface area (Å²) in [6, 6.07) is 7.88. The van der Waals surface area contributed by atoms with Crippen molar-refractivity contribution in [3.05, 3.63) is 23.9 Å². The van der Waals surface area contributed by atoms with E-state index in [4.69, 9.17) is 10.00 Å². The van der Waals surface area contributed by atoms with Crippen LogP contribution in [0.4, 0.5) is 0 Å². The Hall–Kier alpha value is -1.60. The van der Waals surface area contributed by atoms with Crippen LogP contribution in [0.2, 0.25) is 0 Å². The molecular formula is C12H17N3O. The second kappa shape index (κ2) is 6.81. The minimum Gasteiger partial charge on any atom is -0.481 e. The number of hydrogen-bond acceptors (Lipinski definition) is 4. The number of aromatic nitrogens is 1. The summed E-state index contributed by atoms with van der Waals surface area (Å²) in [7, 11) is 1.61. The largest absolute Gasteiger partial charge is 0.481 e. The molecule has 0 saturated heterocycles. The summed E-state index contributed by atoms with van der Waals surface area (Å²) in [6.07, 6.45) is 0.553. The van der Waals surface area contributed by atoms with E-state index in [1.54, 1.807) is 7.11 Å². The van der Waals surface area contributed by atoms with Gasteiger partial charge in [-0.25, -0.2) is 4.98 Å². The predicted octanol–water partition coefficient (Wildman–Crippen LogP) is 1.83. The van der Waals surface area contributed by atoms with Gasteiger partial charge in [0, 0.05) is 25.6 Å². The Bertz CT molecular complexity index is 360. The third-order valence-electron chi connectivity index (χ3n) is 2.36. The van der Waals surface area contributed by atoms with Crippen molar-refractivity contribution < 1.29 is 4.74 Å². The highest BCUT2D eigenvalue weighted by molar-refractivity contribution is 5.15. The normalized spacial score (nSPS) is 10.1. The van der Waals surface area contributed by atoms with Gasteiger partial charge in [-0.2, -0.15) is 5.26 Å². The van der Waals surface area contributed by atoms with E-state index < -0.39 is 0 Å². The molecule has 0 bridgehead atoms. The molecule has 0 atom stereocenters. The van der Waals surface area contributed by atoms with E-state index in [-0.39, 0.29) is 0 Å². The molecule has 0 radical (unpaired) electrons. The van der Waals surface area contributed by atoms with Gasteiger partial charge in [0.05, 0.1) is 18.9 Å². The summed E-state index contributed by atoms with van der Waals surface area (Å²) in [5.74, 6) is 0.633. The van der Waals surface area contributed by atoms with Gasteiger partial charge in [-0.1, -0.05) is 13.0 Å². The molecule has 0 N–H and O–H groups in total. The zero-order valence-electron chi connectivity index (χ0n) is 9.81. The first-order valence-corrected chi connectivity index (χ1v) is 5.39. The standard InChI is InChI=1S/C12H17N3O/c1-3-15(9-5-8-13)10-11-6-4-7-12(14-11)16-2/h4,6-7H,3,5,9-10H2,1-2H3. The predicted molar refractivity (Wildman–Crippen MR) is 62.0 cm³/mol. The smallest absolute Gasteiger partial charge is 0.213 e. The molecule has 0 aromatic carbocycles. The maximum absolute atomic E-state index is 8.55. The lowest BCUT2D eigenvalue weighted by Crippen LogP contribution is -2.24. The van der Waals surface area contributed by atoms with E-state index in [0.717, 1.165) is 25.3 Å². The van der Waals surface area contributed by atoms with Crippen molar-refractivity contribution in [2.75, 3.05) is 20.2 Å². The molecule has 0 amide bonds. The van der Waals surface area contributed by atoms with Crippen molar-refractivity contribution in [2.45, 2.75) is 19.9 Å². The third kappa shape index (κ3) is 3.87. The molecule has 0 spiro atoms. The summed E-state index contributed by atoms with van der Waals surface area (Å²) in [5.41, 5.74) is 0.971. The van der Waals surface area contributed by atoms with Gasteiger partial charge in [0.25, 0.3) is 0 Å². The van der Waals surface area contributed by atoms with Crippen LogP contribution in [-0.2, 0) is 6.54 Å². The minimum atomic E-state index is 0.553. The number of pyridine rings is 1. The molecule has 0 aliphatic rings. The van der Waals surface area contributed by atoms with E-state index in [1.165, 1.54) is 0 Å². The lowest BCUT2D eigenvalue weighted by Gasteiger charge is -2.18. The molecule has 1 aromatic heterocycles. The monoisotopic (exact) mass is 219 g/mol. The molecule has 4 heteroatoms. The SMILES string of the molecule is CCN(CCC#N)Cc1cccc(OC)n1. The second-order valence-electron chi connectivity index (χ2n) is 3.45. The molecule has 1 aromatic rings. The van der Waals surface area contributed by atoms with Crippen LogP contribution in [0.25, 0.3) is 0 Å². The number of ether oxygens (including phenoxy) is 1. The molecule has 4 nitrogen and oxygen atoms in total. The molecule has 1 rings (SSSR count). The first-order chi connectivity index (χ1) is 7.80. The summed E-state index contributed by atoms with van der Waals surface area (Å²) in [5, 5.41) is 8.55. The lowest BCUT2D eigenvalue weighted by atomic mass is 10.3. The molecule has 0 aliphatic heterocycles. The van der Waals surface area contributed by atoms with Gasteiger partial charge in [0.15, 0.2) is 0 Å². The van der Waals surface area contributed by atoms with Crippen LogP contribution in [0, 0.1) is 11.3 Å². The van der Waals surface area contributed by atoms with Crippen LogP contribution in [0.1, 0.15) is 19.0 Å². The minimum absolute atomic E-state index is 0.553. The first-order valence-electron chi connectivity index (χ1n) is 5.39. The Kier molecular flexibility index (Phi) is 5.30. The van der Waals surface area contributed by atoms with Crippen molar-refractivity contribution in [1.82, 2.24) is 9.88 Å². The van der Waals surface area contributed by atoms with Crippen molar-refractivity contribution in [3.8, 4) is 11.9 Å². The van der Waals surface area contributed by atoms with Gasteiger partial charge in [-0.3, -0.25) is 4.90 Å². The second-order valence-corrected chi connectivity index (χ2v) is 3.45. The molecular weight excluding hydrogens is 202 g/mol. The Morgan fingerprint density at radius 1 is 1.50 bits per heavy atom. The van der Waals surface area contributed by atoms with Gasteiger partial charge in [-0.15, -0.1) is 0 Å². The highest BCUT2D eigenvalue weighted by Gasteiger charge is 2.05. The quantitative estimate of drug-likeness (QED) is 0.732. The van der Waals surface area contributed by atoms with Crippen LogP contribution in [0.3, 0.4) is 0 Å². The van der Waals surface area contributed by atoms with Gasteiger partial charge >= 0.3 is 0 Å². The van der Waals surface area contributed by atoms with Crippen LogP contribution in [0.15, 0.2) is 18.2 Å². The fourth-order valence-corrected chi connectivity index (χ4v) is 1.45. The van der Waals surface area contributed by atoms with Crippen molar-refractivity contribution in [3.63, 3.8) is 0 Å². The van der Waals surface area contributed by atoms with E-state index in [0.29, 0.717) is 12.3 Å². The average molecular weight is 219 g/mol. The number of nitrogens with zero attached hydrogens (tertiary/aromatic N) is 3. The van der Waals surface area contributed by atoms with Gasteiger partial charge in [-0.05, 0) is 12.6 Å². The molecule has 16 heavy (non-hydrogen) atoms. The fraction of sp³-hybridized carbons (Fsp3) is 0.500. The summed E-state index contributed by atoms with van der Waals surface area (Å²) < 4.78 is 5.07. The van der Waals surface area contributed by atoms with Gasteiger partial charge in [0.2, 0.25) is 5.88 Å². The maximum atomic E-state index is 8.55. The lowest BCUT2D eigenvalue weighted by molar-refractivity contribution is 0.281. The van der Waals surface area contributed by atoms with E-state index >= 15 is 0 Å².